The Bertz CT molecular complexity index is 620. The summed E-state index contributed by atoms with van der Waals surface area (Å²) in [5.41, 5.74) is 0.578. The highest BCUT2D eigenvalue weighted by molar-refractivity contribution is 7.89. The van der Waals surface area contributed by atoms with Crippen LogP contribution in [-0.4, -0.2) is 38.4 Å². The van der Waals surface area contributed by atoms with Gasteiger partial charge in [0.05, 0.1) is 10.9 Å². The molecule has 1 aromatic rings. The molecule has 0 saturated carbocycles. The molecular weight excluding hydrogens is 294 g/mol. The molecule has 0 amide bonds. The lowest BCUT2D eigenvalue weighted by Gasteiger charge is -2.26. The topological polar surface area (TPSA) is 86.7 Å². The van der Waals surface area contributed by atoms with E-state index in [9.17, 15) is 18.3 Å². The van der Waals surface area contributed by atoms with Gasteiger partial charge in [0.2, 0.25) is 10.0 Å². The molecule has 1 aromatic carbocycles. The first kappa shape index (κ1) is 15.8. The van der Waals surface area contributed by atoms with E-state index >= 15 is 0 Å². The first-order chi connectivity index (χ1) is 9.91. The second kappa shape index (κ2) is 6.44. The number of carboxylic acids is 1. The molecule has 0 radical (unpaired) electrons. The van der Waals surface area contributed by atoms with Crippen LogP contribution in [-0.2, 0) is 14.8 Å². The first-order valence-electron chi connectivity index (χ1n) is 6.85. The molecule has 2 rings (SSSR count). The molecule has 0 bridgehead atoms. The fourth-order valence-electron chi connectivity index (χ4n) is 2.34. The van der Waals surface area contributed by atoms with Crippen molar-refractivity contribution in [3.63, 3.8) is 0 Å². The van der Waals surface area contributed by atoms with E-state index in [4.69, 9.17) is 4.74 Å². The molecule has 1 aliphatic rings. The van der Waals surface area contributed by atoms with Crippen LogP contribution in [0.4, 0.5) is 0 Å². The maximum absolute atomic E-state index is 12.5. The van der Waals surface area contributed by atoms with Gasteiger partial charge in [-0.1, -0.05) is 6.42 Å². The second-order valence-electron chi connectivity index (χ2n) is 5.05. The number of piperidine rings is 1. The third-order valence-corrected chi connectivity index (χ3v) is 5.34. The van der Waals surface area contributed by atoms with Crippen LogP contribution in [0.1, 0.15) is 24.8 Å². The van der Waals surface area contributed by atoms with E-state index < -0.39 is 22.6 Å². The number of nitrogens with zero attached hydrogens (tertiary/aromatic N) is 1. The van der Waals surface area contributed by atoms with Crippen molar-refractivity contribution in [2.24, 2.45) is 0 Å². The van der Waals surface area contributed by atoms with Crippen molar-refractivity contribution in [2.45, 2.75) is 31.1 Å². The summed E-state index contributed by atoms with van der Waals surface area (Å²) in [4.78, 5) is 10.6. The van der Waals surface area contributed by atoms with Crippen molar-refractivity contribution < 1.29 is 23.1 Å². The molecule has 1 saturated heterocycles. The summed E-state index contributed by atoms with van der Waals surface area (Å²) in [6, 6.07) is 4.44. The molecule has 0 aliphatic carbocycles. The summed E-state index contributed by atoms with van der Waals surface area (Å²) >= 11 is 0. The first-order valence-corrected chi connectivity index (χ1v) is 8.29. The van der Waals surface area contributed by atoms with Crippen LogP contribution in [0.25, 0.3) is 0 Å². The quantitative estimate of drug-likeness (QED) is 0.780. The number of carbonyl (C=O) groups is 1. The van der Waals surface area contributed by atoms with Gasteiger partial charge in [-0.25, -0.2) is 8.42 Å². The Morgan fingerprint density at radius 2 is 1.95 bits per heavy atom. The number of rotatable bonds is 5. The monoisotopic (exact) mass is 312 g/mol. The fourth-order valence-corrected chi connectivity index (χ4v) is 3.94. The van der Waals surface area contributed by atoms with Gasteiger partial charge in [0.15, 0.2) is 0 Å². The number of aryl methyl sites for hydroxylation is 1. The molecule has 6 nitrogen and oxygen atoms in total. The summed E-state index contributed by atoms with van der Waals surface area (Å²) in [5, 5.41) is 10.4. The summed E-state index contributed by atoms with van der Waals surface area (Å²) < 4.78 is 31.5. The van der Waals surface area contributed by atoms with Gasteiger partial charge in [0.1, 0.15) is 12.4 Å². The van der Waals surface area contributed by atoms with Gasteiger partial charge in [-0.15, -0.1) is 0 Å². The number of hydrogen-bond donors (Lipinski definition) is 0. The van der Waals surface area contributed by atoms with E-state index in [1.165, 1.54) is 22.5 Å². The zero-order valence-corrected chi connectivity index (χ0v) is 12.7. The minimum Gasteiger partial charge on any atom is -0.546 e. The maximum Gasteiger partial charge on any atom is 0.243 e. The van der Waals surface area contributed by atoms with E-state index in [1.54, 1.807) is 6.92 Å². The molecule has 1 heterocycles. The van der Waals surface area contributed by atoms with Crippen molar-refractivity contribution >= 4 is 16.0 Å². The Labute approximate surface area is 124 Å². The number of aliphatic carboxylic acids is 1. The summed E-state index contributed by atoms with van der Waals surface area (Å²) in [6.07, 6.45) is 2.82. The third kappa shape index (κ3) is 3.74. The molecule has 116 valence electrons. The number of carboxylic acid groups (broad SMARTS) is 1. The number of carbonyl (C=O) groups excluding carboxylic acids is 1. The van der Waals surface area contributed by atoms with Gasteiger partial charge < -0.3 is 14.6 Å². The average molecular weight is 312 g/mol. The van der Waals surface area contributed by atoms with Crippen LogP contribution in [0.5, 0.6) is 5.75 Å². The van der Waals surface area contributed by atoms with Gasteiger partial charge in [-0.05, 0) is 43.5 Å². The van der Waals surface area contributed by atoms with E-state index in [2.05, 4.69) is 0 Å². The van der Waals surface area contributed by atoms with Crippen LogP contribution in [0.15, 0.2) is 23.1 Å². The van der Waals surface area contributed by atoms with Crippen molar-refractivity contribution in [1.82, 2.24) is 4.31 Å². The molecule has 1 aliphatic heterocycles. The number of benzene rings is 1. The molecule has 0 spiro atoms. The van der Waals surface area contributed by atoms with Crippen LogP contribution < -0.4 is 9.84 Å². The largest absolute Gasteiger partial charge is 0.546 e. The minimum atomic E-state index is -3.48. The zero-order chi connectivity index (χ0) is 15.5. The minimum absolute atomic E-state index is 0.211. The predicted molar refractivity (Wildman–Crippen MR) is 74.3 cm³/mol. The van der Waals surface area contributed by atoms with Gasteiger partial charge in [-0.3, -0.25) is 0 Å². The predicted octanol–water partition coefficient (Wildman–Crippen LogP) is 0.298. The average Bonchev–Trinajstić information content (AvgIpc) is 2.46. The third-order valence-electron chi connectivity index (χ3n) is 3.44. The van der Waals surface area contributed by atoms with Crippen molar-refractivity contribution in [3.05, 3.63) is 23.8 Å². The van der Waals surface area contributed by atoms with Crippen LogP contribution in [0, 0.1) is 6.92 Å². The number of sulfonamides is 1. The van der Waals surface area contributed by atoms with Crippen molar-refractivity contribution in [2.75, 3.05) is 19.7 Å². The van der Waals surface area contributed by atoms with Gasteiger partial charge in [0, 0.05) is 13.1 Å². The SMILES string of the molecule is Cc1cc(S(=O)(=O)N2CCCCC2)ccc1OCC(=O)[O-]. The maximum atomic E-state index is 12.5. The second-order valence-corrected chi connectivity index (χ2v) is 6.99. The fraction of sp³-hybridized carbons (Fsp3) is 0.500. The van der Waals surface area contributed by atoms with E-state index in [1.807, 2.05) is 0 Å². The van der Waals surface area contributed by atoms with Crippen LogP contribution in [0.2, 0.25) is 0 Å². The molecule has 0 aromatic heterocycles. The number of ether oxygens (including phenoxy) is 1. The molecule has 1 fully saturated rings. The van der Waals surface area contributed by atoms with Gasteiger partial charge in [-0.2, -0.15) is 4.31 Å². The standard InChI is InChI=1S/C14H19NO5S/c1-11-9-12(5-6-13(11)20-10-14(16)17)21(18,19)15-7-3-2-4-8-15/h5-6,9H,2-4,7-8,10H2,1H3,(H,16,17)/p-1. The molecule has 0 atom stereocenters. The molecular formula is C14H18NO5S-. The van der Waals surface area contributed by atoms with Crippen LogP contribution >= 0.6 is 0 Å². The Morgan fingerprint density at radius 3 is 2.52 bits per heavy atom. The summed E-state index contributed by atoms with van der Waals surface area (Å²) in [7, 11) is -3.48. The van der Waals surface area contributed by atoms with Crippen molar-refractivity contribution in [3.8, 4) is 5.75 Å². The van der Waals surface area contributed by atoms with E-state index in [-0.39, 0.29) is 4.90 Å². The van der Waals surface area contributed by atoms with Gasteiger partial charge >= 0.3 is 0 Å². The molecule has 0 N–H and O–H groups in total. The normalized spacial score (nSPS) is 16.6. The summed E-state index contributed by atoms with van der Waals surface area (Å²) in [5.74, 6) is -0.976. The Balaban J connectivity index is 2.20. The van der Waals surface area contributed by atoms with E-state index in [0.717, 1.165) is 19.3 Å². The smallest absolute Gasteiger partial charge is 0.243 e. The Hall–Kier alpha value is -1.60. The lowest BCUT2D eigenvalue weighted by atomic mass is 10.2. The Kier molecular flexibility index (Phi) is 4.84. The Morgan fingerprint density at radius 1 is 1.29 bits per heavy atom. The highest BCUT2D eigenvalue weighted by Crippen LogP contribution is 2.25. The zero-order valence-electron chi connectivity index (χ0n) is 11.9. The highest BCUT2D eigenvalue weighted by Gasteiger charge is 2.26. The lowest BCUT2D eigenvalue weighted by molar-refractivity contribution is -0.307. The number of hydrogen-bond acceptors (Lipinski definition) is 5. The lowest BCUT2D eigenvalue weighted by Crippen LogP contribution is -2.35. The molecule has 0 unspecified atom stereocenters. The van der Waals surface area contributed by atoms with Gasteiger partial charge in [0.25, 0.3) is 0 Å². The van der Waals surface area contributed by atoms with Crippen LogP contribution in [0.3, 0.4) is 0 Å². The summed E-state index contributed by atoms with van der Waals surface area (Å²) in [6.45, 7) is 2.22. The van der Waals surface area contributed by atoms with E-state index in [0.29, 0.717) is 24.4 Å². The highest BCUT2D eigenvalue weighted by atomic mass is 32.2. The molecule has 7 heteroatoms. The van der Waals surface area contributed by atoms with Crippen molar-refractivity contribution in [1.29, 1.82) is 0 Å². The molecule has 21 heavy (non-hydrogen) atoms.